The van der Waals surface area contributed by atoms with E-state index in [1.165, 1.54) is 0 Å². The van der Waals surface area contributed by atoms with Gasteiger partial charge in [0.2, 0.25) is 0 Å². The smallest absolute Gasteiger partial charge is 0.115 e. The summed E-state index contributed by atoms with van der Waals surface area (Å²) in [4.78, 5) is 4.26. The van der Waals surface area contributed by atoms with E-state index in [2.05, 4.69) is 10.3 Å². The minimum Gasteiger partial charge on any atom is -0.508 e. The monoisotopic (exact) mass is 228 g/mol. The van der Waals surface area contributed by atoms with Crippen molar-refractivity contribution in [3.05, 3.63) is 59.9 Å². The Morgan fingerprint density at radius 1 is 1.12 bits per heavy atom. The summed E-state index contributed by atoms with van der Waals surface area (Å²) in [5, 5.41) is 12.6. The van der Waals surface area contributed by atoms with Gasteiger partial charge in [-0.1, -0.05) is 18.2 Å². The predicted octanol–water partition coefficient (Wildman–Crippen LogP) is 2.12. The Balaban J connectivity index is 1.73. The predicted molar refractivity (Wildman–Crippen MR) is 67.8 cm³/mol. The van der Waals surface area contributed by atoms with Gasteiger partial charge in [-0.05, 0) is 29.8 Å². The molecule has 0 bridgehead atoms. The Bertz CT molecular complexity index is 457. The summed E-state index contributed by atoms with van der Waals surface area (Å²) in [6.45, 7) is 1.65. The first-order valence-corrected chi connectivity index (χ1v) is 5.73. The minimum absolute atomic E-state index is 0.314. The number of nitrogens with one attached hydrogen (secondary N) is 1. The van der Waals surface area contributed by atoms with Crippen LogP contribution in [0.4, 0.5) is 0 Å². The second kappa shape index (κ2) is 6.01. The highest BCUT2D eigenvalue weighted by Crippen LogP contribution is 2.10. The van der Waals surface area contributed by atoms with Crippen LogP contribution in [0.1, 0.15) is 11.3 Å². The normalized spacial score (nSPS) is 10.4. The number of benzene rings is 1. The first-order chi connectivity index (χ1) is 8.34. The van der Waals surface area contributed by atoms with Crippen LogP contribution in [0.25, 0.3) is 0 Å². The molecule has 0 aliphatic rings. The molecule has 2 N–H and O–H groups in total. The number of nitrogens with zero attached hydrogens (tertiary/aromatic N) is 1. The third-order valence-corrected chi connectivity index (χ3v) is 2.52. The molecule has 17 heavy (non-hydrogen) atoms. The number of pyridine rings is 1. The third-order valence-electron chi connectivity index (χ3n) is 2.52. The lowest BCUT2D eigenvalue weighted by molar-refractivity contribution is 0.474. The van der Waals surface area contributed by atoms with Gasteiger partial charge in [0.25, 0.3) is 0 Å². The van der Waals surface area contributed by atoms with Gasteiger partial charge in [-0.3, -0.25) is 4.98 Å². The van der Waals surface area contributed by atoms with Gasteiger partial charge in [-0.25, -0.2) is 0 Å². The Morgan fingerprint density at radius 3 is 2.82 bits per heavy atom. The van der Waals surface area contributed by atoms with Gasteiger partial charge in [0.1, 0.15) is 5.75 Å². The molecule has 0 radical (unpaired) electrons. The molecule has 3 heteroatoms. The number of aromatic hydroxyl groups is 1. The molecule has 0 atom stereocenters. The molecule has 3 nitrogen and oxygen atoms in total. The maximum Gasteiger partial charge on any atom is 0.115 e. The summed E-state index contributed by atoms with van der Waals surface area (Å²) in [5.74, 6) is 0.314. The van der Waals surface area contributed by atoms with Crippen LogP contribution in [0.5, 0.6) is 5.75 Å². The highest BCUT2D eigenvalue weighted by molar-refractivity contribution is 5.26. The Hall–Kier alpha value is -1.87. The second-order valence-corrected chi connectivity index (χ2v) is 3.92. The molecule has 0 fully saturated rings. The van der Waals surface area contributed by atoms with Crippen LogP contribution in [-0.2, 0) is 13.0 Å². The lowest BCUT2D eigenvalue weighted by Crippen LogP contribution is -2.16. The van der Waals surface area contributed by atoms with E-state index in [0.29, 0.717) is 5.75 Å². The fourth-order valence-electron chi connectivity index (χ4n) is 1.66. The van der Waals surface area contributed by atoms with Crippen molar-refractivity contribution in [3.63, 3.8) is 0 Å². The Morgan fingerprint density at radius 2 is 2.06 bits per heavy atom. The molecule has 0 saturated carbocycles. The van der Waals surface area contributed by atoms with Crippen molar-refractivity contribution in [2.75, 3.05) is 6.54 Å². The molecule has 0 saturated heterocycles. The fraction of sp³-hybridized carbons (Fsp3) is 0.214. The van der Waals surface area contributed by atoms with Crippen molar-refractivity contribution in [1.82, 2.24) is 10.3 Å². The van der Waals surface area contributed by atoms with Gasteiger partial charge < -0.3 is 10.4 Å². The molecular weight excluding hydrogens is 212 g/mol. The Labute approximate surface area is 101 Å². The van der Waals surface area contributed by atoms with Gasteiger partial charge >= 0.3 is 0 Å². The Kier molecular flexibility index (Phi) is 4.11. The first kappa shape index (κ1) is 11.6. The molecule has 0 spiro atoms. The minimum atomic E-state index is 0.314. The number of hydrogen-bond donors (Lipinski definition) is 2. The average molecular weight is 228 g/mol. The molecular formula is C14H16N2O. The van der Waals surface area contributed by atoms with E-state index in [1.807, 2.05) is 36.5 Å². The fourth-order valence-corrected chi connectivity index (χ4v) is 1.66. The number of rotatable bonds is 5. The van der Waals surface area contributed by atoms with Crippen LogP contribution in [0.15, 0.2) is 48.7 Å². The van der Waals surface area contributed by atoms with Crippen LogP contribution in [0.3, 0.4) is 0 Å². The van der Waals surface area contributed by atoms with Gasteiger partial charge in [0, 0.05) is 31.4 Å². The van der Waals surface area contributed by atoms with Crippen molar-refractivity contribution < 1.29 is 5.11 Å². The lowest BCUT2D eigenvalue weighted by atomic mass is 10.2. The number of aromatic nitrogens is 1. The zero-order valence-corrected chi connectivity index (χ0v) is 9.63. The third kappa shape index (κ3) is 3.89. The summed E-state index contributed by atoms with van der Waals surface area (Å²) < 4.78 is 0. The van der Waals surface area contributed by atoms with E-state index >= 15 is 0 Å². The van der Waals surface area contributed by atoms with Crippen LogP contribution in [0, 0.1) is 0 Å². The molecule has 0 aliphatic carbocycles. The number of phenolic OH excluding ortho intramolecular Hbond substituents is 1. The molecule has 88 valence electrons. The van der Waals surface area contributed by atoms with Gasteiger partial charge in [0.05, 0.1) is 0 Å². The number of hydrogen-bond acceptors (Lipinski definition) is 3. The second-order valence-electron chi connectivity index (χ2n) is 3.92. The van der Waals surface area contributed by atoms with Crippen LogP contribution >= 0.6 is 0 Å². The molecule has 1 aromatic carbocycles. The van der Waals surface area contributed by atoms with Crippen LogP contribution < -0.4 is 5.32 Å². The molecule has 0 unspecified atom stereocenters. The molecule has 0 amide bonds. The molecule has 0 aliphatic heterocycles. The van der Waals surface area contributed by atoms with E-state index in [4.69, 9.17) is 0 Å². The van der Waals surface area contributed by atoms with Crippen molar-refractivity contribution in [2.45, 2.75) is 13.0 Å². The number of phenols is 1. The largest absolute Gasteiger partial charge is 0.508 e. The molecule has 1 aromatic heterocycles. The lowest BCUT2D eigenvalue weighted by Gasteiger charge is -2.05. The summed E-state index contributed by atoms with van der Waals surface area (Å²) in [6, 6.07) is 13.2. The van der Waals surface area contributed by atoms with E-state index in [-0.39, 0.29) is 0 Å². The standard InChI is InChI=1S/C14H16N2O/c17-14-6-3-4-12(10-14)11-15-9-7-13-5-1-2-8-16-13/h1-6,8,10,15,17H,7,9,11H2. The zero-order chi connectivity index (χ0) is 11.9. The highest BCUT2D eigenvalue weighted by atomic mass is 16.3. The van der Waals surface area contributed by atoms with Gasteiger partial charge in [-0.2, -0.15) is 0 Å². The van der Waals surface area contributed by atoms with Crippen LogP contribution in [0.2, 0.25) is 0 Å². The maximum absolute atomic E-state index is 9.31. The average Bonchev–Trinajstić information content (AvgIpc) is 2.36. The zero-order valence-electron chi connectivity index (χ0n) is 9.63. The quantitative estimate of drug-likeness (QED) is 0.770. The summed E-state index contributed by atoms with van der Waals surface area (Å²) >= 11 is 0. The molecule has 1 heterocycles. The van der Waals surface area contributed by atoms with E-state index in [0.717, 1.165) is 30.8 Å². The first-order valence-electron chi connectivity index (χ1n) is 5.73. The van der Waals surface area contributed by atoms with E-state index < -0.39 is 0 Å². The molecule has 2 rings (SSSR count). The highest BCUT2D eigenvalue weighted by Gasteiger charge is 1.95. The van der Waals surface area contributed by atoms with E-state index in [1.54, 1.807) is 12.1 Å². The summed E-state index contributed by atoms with van der Waals surface area (Å²) in [6.07, 6.45) is 2.73. The van der Waals surface area contributed by atoms with Gasteiger partial charge in [-0.15, -0.1) is 0 Å². The van der Waals surface area contributed by atoms with Gasteiger partial charge in [0.15, 0.2) is 0 Å². The summed E-state index contributed by atoms with van der Waals surface area (Å²) in [7, 11) is 0. The van der Waals surface area contributed by atoms with Crippen LogP contribution in [-0.4, -0.2) is 16.6 Å². The van der Waals surface area contributed by atoms with Crippen molar-refractivity contribution >= 4 is 0 Å². The van der Waals surface area contributed by atoms with Crippen molar-refractivity contribution in [2.24, 2.45) is 0 Å². The topological polar surface area (TPSA) is 45.1 Å². The SMILES string of the molecule is Oc1cccc(CNCCc2ccccn2)c1. The summed E-state index contributed by atoms with van der Waals surface area (Å²) in [5.41, 5.74) is 2.18. The maximum atomic E-state index is 9.31. The van der Waals surface area contributed by atoms with Crippen molar-refractivity contribution in [1.29, 1.82) is 0 Å². The molecule has 2 aromatic rings. The van der Waals surface area contributed by atoms with E-state index in [9.17, 15) is 5.11 Å². The van der Waals surface area contributed by atoms with Crippen molar-refractivity contribution in [3.8, 4) is 5.75 Å².